The number of aryl methyl sites for hydroxylation is 1. The molecule has 0 aliphatic heterocycles. The Morgan fingerprint density at radius 3 is 2.25 bits per heavy atom. The van der Waals surface area contributed by atoms with E-state index in [4.69, 9.17) is 0 Å². The fraction of sp³-hybridized carbons (Fsp3) is 0.500. The Bertz CT molecular complexity index is 543. The number of rotatable bonds is 3. The molecule has 0 fully saturated rings. The predicted molar refractivity (Wildman–Crippen MR) is 89.3 cm³/mol. The molecule has 0 saturated carbocycles. The van der Waals surface area contributed by atoms with E-state index in [1.165, 1.54) is 22.3 Å². The third-order valence-electron chi connectivity index (χ3n) is 4.52. The van der Waals surface area contributed by atoms with Crippen molar-refractivity contribution < 1.29 is 0 Å². The average Bonchev–Trinajstić information content (AvgIpc) is 2.38. The van der Waals surface area contributed by atoms with Crippen LogP contribution in [0.5, 0.6) is 0 Å². The molecule has 2 rings (SSSR count). The molecule has 1 aromatic rings. The molecule has 20 heavy (non-hydrogen) atoms. The number of hydrogen-bond donors (Lipinski definition) is 0. The highest BCUT2D eigenvalue weighted by Crippen LogP contribution is 2.39. The minimum atomic E-state index is 0.143. The maximum absolute atomic E-state index is 2.43. The van der Waals surface area contributed by atoms with Crippen molar-refractivity contribution in [2.45, 2.75) is 59.3 Å². The van der Waals surface area contributed by atoms with Gasteiger partial charge in [-0.2, -0.15) is 0 Å². The number of benzene rings is 1. The number of allylic oxidation sites excluding steroid dienone is 4. The van der Waals surface area contributed by atoms with Crippen LogP contribution in [0.2, 0.25) is 0 Å². The molecule has 0 amide bonds. The summed E-state index contributed by atoms with van der Waals surface area (Å²) in [5.74, 6) is 1.20. The molecule has 0 heterocycles. The molecule has 1 aliphatic carbocycles. The van der Waals surface area contributed by atoms with Crippen molar-refractivity contribution in [3.05, 3.63) is 58.7 Å². The molecule has 1 aliphatic rings. The van der Waals surface area contributed by atoms with E-state index in [2.05, 4.69) is 78.0 Å². The van der Waals surface area contributed by atoms with Gasteiger partial charge in [-0.15, -0.1) is 0 Å². The molecule has 0 saturated heterocycles. The normalized spacial score (nSPS) is 22.5. The topological polar surface area (TPSA) is 0 Å². The zero-order chi connectivity index (χ0) is 14.9. The summed E-state index contributed by atoms with van der Waals surface area (Å²) in [6, 6.07) is 6.94. The van der Waals surface area contributed by atoms with Crippen LogP contribution in [0, 0.1) is 12.8 Å². The second-order valence-electron chi connectivity index (χ2n) is 7.06. The van der Waals surface area contributed by atoms with E-state index in [0.717, 1.165) is 6.42 Å². The molecule has 0 N–H and O–H groups in total. The first kappa shape index (κ1) is 15.1. The van der Waals surface area contributed by atoms with Gasteiger partial charge in [-0.3, -0.25) is 0 Å². The first-order valence-electron chi connectivity index (χ1n) is 7.84. The Balaban J connectivity index is 2.42. The van der Waals surface area contributed by atoms with Crippen LogP contribution in [-0.2, 0) is 5.41 Å². The van der Waals surface area contributed by atoms with E-state index in [0.29, 0.717) is 11.8 Å². The minimum absolute atomic E-state index is 0.143. The van der Waals surface area contributed by atoms with Crippen molar-refractivity contribution in [1.82, 2.24) is 0 Å². The van der Waals surface area contributed by atoms with Crippen LogP contribution < -0.4 is 0 Å². The quantitative estimate of drug-likeness (QED) is 0.638. The molecule has 0 nitrogen and oxygen atoms in total. The summed E-state index contributed by atoms with van der Waals surface area (Å²) in [6.07, 6.45) is 8.29. The maximum Gasteiger partial charge on any atom is 0.0144 e. The van der Waals surface area contributed by atoms with Gasteiger partial charge in [0, 0.05) is 5.41 Å². The predicted octanol–water partition coefficient (Wildman–Crippen LogP) is 5.92. The van der Waals surface area contributed by atoms with Crippen LogP contribution in [-0.4, -0.2) is 0 Å². The van der Waals surface area contributed by atoms with Gasteiger partial charge >= 0.3 is 0 Å². The first-order chi connectivity index (χ1) is 9.33. The Morgan fingerprint density at radius 1 is 1.05 bits per heavy atom. The molecule has 0 aromatic heterocycles. The van der Waals surface area contributed by atoms with E-state index in [1.807, 2.05) is 0 Å². The molecule has 0 radical (unpaired) electrons. The van der Waals surface area contributed by atoms with Crippen LogP contribution >= 0.6 is 0 Å². The molecule has 1 aromatic carbocycles. The van der Waals surface area contributed by atoms with Crippen molar-refractivity contribution in [2.24, 2.45) is 5.92 Å². The second kappa shape index (κ2) is 5.60. The highest BCUT2D eigenvalue weighted by Gasteiger charge is 2.28. The minimum Gasteiger partial charge on any atom is -0.0799 e. The average molecular weight is 268 g/mol. The Labute approximate surface area is 124 Å². The Morgan fingerprint density at radius 2 is 1.75 bits per heavy atom. The zero-order valence-corrected chi connectivity index (χ0v) is 13.8. The smallest absolute Gasteiger partial charge is 0.0144 e. The first-order valence-corrected chi connectivity index (χ1v) is 7.84. The van der Waals surface area contributed by atoms with Crippen LogP contribution in [0.4, 0.5) is 0 Å². The highest BCUT2D eigenvalue weighted by molar-refractivity contribution is 5.45. The lowest BCUT2D eigenvalue weighted by molar-refractivity contribution is 0.575. The standard InChI is InChI=1S/C20H28/c1-14(2)17-9-11-20(6,12-10-17)19-13-16(5)7-8-18(19)15(3)4/h7-11,13-15H,12H2,1-6H3. The van der Waals surface area contributed by atoms with E-state index in [1.54, 1.807) is 0 Å². The summed E-state index contributed by atoms with van der Waals surface area (Å²) in [5.41, 5.74) is 5.97. The van der Waals surface area contributed by atoms with Gasteiger partial charge in [-0.25, -0.2) is 0 Å². The van der Waals surface area contributed by atoms with Crippen molar-refractivity contribution in [1.29, 1.82) is 0 Å². The monoisotopic (exact) mass is 268 g/mol. The van der Waals surface area contributed by atoms with Gasteiger partial charge in [0.2, 0.25) is 0 Å². The van der Waals surface area contributed by atoms with Crippen molar-refractivity contribution in [3.8, 4) is 0 Å². The summed E-state index contributed by atoms with van der Waals surface area (Å²) in [5, 5.41) is 0. The highest BCUT2D eigenvalue weighted by atomic mass is 14.3. The molecule has 0 spiro atoms. The fourth-order valence-corrected chi connectivity index (χ4v) is 3.04. The lowest BCUT2D eigenvalue weighted by Crippen LogP contribution is -2.23. The van der Waals surface area contributed by atoms with Gasteiger partial charge in [0.05, 0.1) is 0 Å². The number of hydrogen-bond acceptors (Lipinski definition) is 0. The van der Waals surface area contributed by atoms with Crippen LogP contribution in [0.25, 0.3) is 0 Å². The van der Waals surface area contributed by atoms with E-state index < -0.39 is 0 Å². The summed E-state index contributed by atoms with van der Waals surface area (Å²) in [7, 11) is 0. The summed E-state index contributed by atoms with van der Waals surface area (Å²) >= 11 is 0. The summed E-state index contributed by atoms with van der Waals surface area (Å²) in [6.45, 7) is 13.7. The third kappa shape index (κ3) is 2.90. The van der Waals surface area contributed by atoms with Crippen molar-refractivity contribution in [3.63, 3.8) is 0 Å². The second-order valence-corrected chi connectivity index (χ2v) is 7.06. The SMILES string of the molecule is Cc1ccc(C(C)C)c(C2(C)C=CC(C(C)C)=CC2)c1. The molecule has 1 atom stereocenters. The molecular formula is C20H28. The van der Waals surface area contributed by atoms with E-state index in [9.17, 15) is 0 Å². The van der Waals surface area contributed by atoms with Gasteiger partial charge < -0.3 is 0 Å². The Kier molecular flexibility index (Phi) is 4.22. The van der Waals surface area contributed by atoms with Gasteiger partial charge in [-0.1, -0.05) is 76.6 Å². The molecular weight excluding hydrogens is 240 g/mol. The summed E-state index contributed by atoms with van der Waals surface area (Å²) < 4.78 is 0. The van der Waals surface area contributed by atoms with Gasteiger partial charge in [0.1, 0.15) is 0 Å². The van der Waals surface area contributed by atoms with E-state index >= 15 is 0 Å². The van der Waals surface area contributed by atoms with Crippen molar-refractivity contribution in [2.75, 3.05) is 0 Å². The van der Waals surface area contributed by atoms with Gasteiger partial charge in [-0.05, 0) is 41.9 Å². The third-order valence-corrected chi connectivity index (χ3v) is 4.52. The molecule has 0 bridgehead atoms. The Hall–Kier alpha value is -1.30. The van der Waals surface area contributed by atoms with Crippen molar-refractivity contribution >= 4 is 0 Å². The molecule has 0 heteroatoms. The van der Waals surface area contributed by atoms with Crippen LogP contribution in [0.15, 0.2) is 42.0 Å². The largest absolute Gasteiger partial charge is 0.0799 e. The van der Waals surface area contributed by atoms with Gasteiger partial charge in [0.25, 0.3) is 0 Å². The summed E-state index contributed by atoms with van der Waals surface area (Å²) in [4.78, 5) is 0. The lowest BCUT2D eigenvalue weighted by Gasteiger charge is -2.33. The maximum atomic E-state index is 2.43. The van der Waals surface area contributed by atoms with Crippen LogP contribution in [0.3, 0.4) is 0 Å². The zero-order valence-electron chi connectivity index (χ0n) is 13.8. The van der Waals surface area contributed by atoms with Gasteiger partial charge in [0.15, 0.2) is 0 Å². The fourth-order valence-electron chi connectivity index (χ4n) is 3.04. The molecule has 108 valence electrons. The van der Waals surface area contributed by atoms with E-state index in [-0.39, 0.29) is 5.41 Å². The van der Waals surface area contributed by atoms with Crippen LogP contribution in [0.1, 0.15) is 63.6 Å². The lowest BCUT2D eigenvalue weighted by atomic mass is 9.71. The molecule has 1 unspecified atom stereocenters.